The molecule has 4 N–H and O–H groups in total. The van der Waals surface area contributed by atoms with E-state index in [9.17, 15) is 0 Å². The van der Waals surface area contributed by atoms with Crippen LogP contribution in [0.25, 0.3) is 0 Å². The summed E-state index contributed by atoms with van der Waals surface area (Å²) in [5, 5.41) is 35.8. The van der Waals surface area contributed by atoms with E-state index in [0.717, 1.165) is 6.07 Å². The van der Waals surface area contributed by atoms with Crippen LogP contribution >= 0.6 is 0 Å². The summed E-state index contributed by atoms with van der Waals surface area (Å²) >= 11 is 0. The van der Waals surface area contributed by atoms with Crippen LogP contribution in [0.2, 0.25) is 0 Å². The van der Waals surface area contributed by atoms with Crippen molar-refractivity contribution in [2.24, 2.45) is 0 Å². The first-order valence-corrected chi connectivity index (χ1v) is 3.08. The molecule has 0 aliphatic rings. The maximum Gasteiger partial charge on any atom is 0.208 e. The summed E-state index contributed by atoms with van der Waals surface area (Å²) in [6.45, 7) is 0. The summed E-state index contributed by atoms with van der Waals surface area (Å²) in [4.78, 5) is 0. The van der Waals surface area contributed by atoms with Gasteiger partial charge in [-0.1, -0.05) is 0 Å². The lowest BCUT2D eigenvalue weighted by molar-refractivity contribution is 0.321. The van der Waals surface area contributed by atoms with E-state index in [4.69, 9.17) is 20.4 Å². The van der Waals surface area contributed by atoms with E-state index in [-0.39, 0.29) is 5.75 Å². The fraction of sp³-hybridized carbons (Fsp3) is 0.143. The van der Waals surface area contributed by atoms with E-state index in [2.05, 4.69) is 4.74 Å². The van der Waals surface area contributed by atoms with Gasteiger partial charge in [0.1, 0.15) is 0 Å². The average molecular weight is 172 g/mol. The number of hydrogen-bond donors (Lipinski definition) is 4. The molecule has 0 fully saturated rings. The van der Waals surface area contributed by atoms with Gasteiger partial charge in [-0.3, -0.25) is 0 Å². The molecule has 0 aliphatic carbocycles. The zero-order chi connectivity index (χ0) is 9.30. The molecular formula is C7H8O5. The van der Waals surface area contributed by atoms with Gasteiger partial charge in [0.15, 0.2) is 11.5 Å². The second kappa shape index (κ2) is 2.69. The predicted octanol–water partition coefficient (Wildman–Crippen LogP) is 0.518. The Labute approximate surface area is 68.1 Å². The number of ether oxygens (including phenoxy) is 1. The van der Waals surface area contributed by atoms with Gasteiger partial charge in [-0.15, -0.1) is 0 Å². The number of methoxy groups -OCH3 is 1. The topological polar surface area (TPSA) is 90.2 Å². The van der Waals surface area contributed by atoms with Crippen LogP contribution in [0.15, 0.2) is 6.07 Å². The van der Waals surface area contributed by atoms with Gasteiger partial charge in [0.2, 0.25) is 17.2 Å². The fourth-order valence-electron chi connectivity index (χ4n) is 0.767. The van der Waals surface area contributed by atoms with E-state index >= 15 is 0 Å². The number of aromatic hydroxyl groups is 4. The van der Waals surface area contributed by atoms with Crippen molar-refractivity contribution in [1.82, 2.24) is 0 Å². The van der Waals surface area contributed by atoms with E-state index in [1.807, 2.05) is 0 Å². The van der Waals surface area contributed by atoms with Crippen LogP contribution in [0.5, 0.6) is 28.7 Å². The smallest absolute Gasteiger partial charge is 0.208 e. The Bertz CT molecular complexity index is 307. The van der Waals surface area contributed by atoms with Crippen LogP contribution < -0.4 is 4.74 Å². The lowest BCUT2D eigenvalue weighted by Gasteiger charge is -2.07. The van der Waals surface area contributed by atoms with Gasteiger partial charge >= 0.3 is 0 Å². The number of rotatable bonds is 1. The normalized spacial score (nSPS) is 9.75. The lowest BCUT2D eigenvalue weighted by Crippen LogP contribution is -1.84. The highest BCUT2D eigenvalue weighted by molar-refractivity contribution is 5.62. The quantitative estimate of drug-likeness (QED) is 0.366. The fourth-order valence-corrected chi connectivity index (χ4v) is 0.767. The molecule has 0 radical (unpaired) electrons. The summed E-state index contributed by atoms with van der Waals surface area (Å²) in [7, 11) is 1.25. The minimum atomic E-state index is -0.799. The Morgan fingerprint density at radius 3 is 2.08 bits per heavy atom. The minimum absolute atomic E-state index is 0.109. The maximum absolute atomic E-state index is 9.06. The molecule has 0 atom stereocenters. The maximum atomic E-state index is 9.06. The molecular weight excluding hydrogens is 164 g/mol. The van der Waals surface area contributed by atoms with Crippen molar-refractivity contribution in [2.75, 3.05) is 7.11 Å². The van der Waals surface area contributed by atoms with Gasteiger partial charge in [0.25, 0.3) is 0 Å². The molecule has 0 saturated carbocycles. The third kappa shape index (κ3) is 1.05. The third-order valence-corrected chi connectivity index (χ3v) is 1.41. The molecule has 1 aromatic rings. The first-order valence-electron chi connectivity index (χ1n) is 3.08. The second-order valence-corrected chi connectivity index (χ2v) is 2.14. The van der Waals surface area contributed by atoms with Crippen LogP contribution in [-0.4, -0.2) is 27.5 Å². The van der Waals surface area contributed by atoms with Crippen molar-refractivity contribution in [3.05, 3.63) is 6.07 Å². The third-order valence-electron chi connectivity index (χ3n) is 1.41. The van der Waals surface area contributed by atoms with Gasteiger partial charge in [-0.05, 0) is 0 Å². The Morgan fingerprint density at radius 2 is 1.58 bits per heavy atom. The van der Waals surface area contributed by atoms with Gasteiger partial charge in [0.05, 0.1) is 7.11 Å². The van der Waals surface area contributed by atoms with Crippen LogP contribution in [0.4, 0.5) is 0 Å². The largest absolute Gasteiger partial charge is 0.504 e. The lowest BCUT2D eigenvalue weighted by atomic mass is 10.2. The van der Waals surface area contributed by atoms with Crippen molar-refractivity contribution in [2.45, 2.75) is 0 Å². The molecule has 0 aromatic heterocycles. The molecule has 66 valence electrons. The van der Waals surface area contributed by atoms with Gasteiger partial charge in [-0.2, -0.15) is 0 Å². The summed E-state index contributed by atoms with van der Waals surface area (Å²) in [5.41, 5.74) is 0. The van der Waals surface area contributed by atoms with Crippen LogP contribution in [-0.2, 0) is 0 Å². The van der Waals surface area contributed by atoms with Crippen molar-refractivity contribution in [3.8, 4) is 28.7 Å². The Balaban J connectivity index is 3.39. The van der Waals surface area contributed by atoms with Crippen LogP contribution in [0.3, 0.4) is 0 Å². The highest BCUT2D eigenvalue weighted by Crippen LogP contribution is 2.47. The molecule has 0 amide bonds. The Hall–Kier alpha value is -1.78. The van der Waals surface area contributed by atoms with Crippen molar-refractivity contribution in [1.29, 1.82) is 0 Å². The molecule has 0 aliphatic heterocycles. The zero-order valence-corrected chi connectivity index (χ0v) is 6.27. The van der Waals surface area contributed by atoms with E-state index < -0.39 is 23.0 Å². The first-order chi connectivity index (χ1) is 5.57. The number of benzene rings is 1. The minimum Gasteiger partial charge on any atom is -0.504 e. The summed E-state index contributed by atoms with van der Waals surface area (Å²) in [5.74, 6) is -2.84. The SMILES string of the molecule is COc1cc(O)c(O)c(O)c1O. The monoisotopic (exact) mass is 172 g/mol. The molecule has 0 unspecified atom stereocenters. The van der Waals surface area contributed by atoms with Gasteiger partial charge in [-0.25, -0.2) is 0 Å². The van der Waals surface area contributed by atoms with Gasteiger partial charge in [0, 0.05) is 6.07 Å². The van der Waals surface area contributed by atoms with Crippen molar-refractivity contribution >= 4 is 0 Å². The highest BCUT2D eigenvalue weighted by atomic mass is 16.5. The van der Waals surface area contributed by atoms with E-state index in [1.54, 1.807) is 0 Å². The Morgan fingerprint density at radius 1 is 1.00 bits per heavy atom. The molecule has 0 heterocycles. The van der Waals surface area contributed by atoms with Crippen LogP contribution in [0, 0.1) is 0 Å². The predicted molar refractivity (Wildman–Crippen MR) is 39.7 cm³/mol. The summed E-state index contributed by atoms with van der Waals surface area (Å²) in [6.07, 6.45) is 0. The van der Waals surface area contributed by atoms with Crippen LogP contribution in [0.1, 0.15) is 0 Å². The van der Waals surface area contributed by atoms with Crippen molar-refractivity contribution in [3.63, 3.8) is 0 Å². The molecule has 1 aromatic carbocycles. The second-order valence-electron chi connectivity index (χ2n) is 2.14. The highest BCUT2D eigenvalue weighted by Gasteiger charge is 2.16. The molecule has 0 saturated heterocycles. The summed E-state index contributed by atoms with van der Waals surface area (Å²) in [6, 6.07) is 0.990. The molecule has 0 spiro atoms. The standard InChI is InChI=1S/C7H8O5/c1-12-4-2-3(8)5(9)7(11)6(4)10/h2,8-11H,1H3. The molecule has 5 heteroatoms. The van der Waals surface area contributed by atoms with Gasteiger partial charge < -0.3 is 25.2 Å². The number of phenols is 4. The molecule has 12 heavy (non-hydrogen) atoms. The summed E-state index contributed by atoms with van der Waals surface area (Å²) < 4.78 is 4.58. The Kier molecular flexibility index (Phi) is 1.86. The van der Waals surface area contributed by atoms with Crippen molar-refractivity contribution < 1.29 is 25.2 Å². The van der Waals surface area contributed by atoms with E-state index in [1.165, 1.54) is 7.11 Å². The molecule has 1 rings (SSSR count). The number of phenolic OH excluding ortho intramolecular Hbond substituents is 4. The van der Waals surface area contributed by atoms with E-state index in [0.29, 0.717) is 0 Å². The molecule has 0 bridgehead atoms. The zero-order valence-electron chi connectivity index (χ0n) is 6.27. The molecule has 5 nitrogen and oxygen atoms in total. The first kappa shape index (κ1) is 8.32. The average Bonchev–Trinajstić information content (AvgIpc) is 2.08. The number of hydrogen-bond acceptors (Lipinski definition) is 5.